The number of hydrogen-bond donors (Lipinski definition) is 1. The van der Waals surface area contributed by atoms with E-state index in [-0.39, 0.29) is 0 Å². The summed E-state index contributed by atoms with van der Waals surface area (Å²) in [5.41, 5.74) is 2.37. The smallest absolute Gasteiger partial charge is 0.314 e. The molecule has 0 heterocycles. The molecule has 2 aliphatic carbocycles. The maximum absolute atomic E-state index is 11.6. The molecule has 1 aromatic carbocycles. The molecule has 0 bridgehead atoms. The van der Waals surface area contributed by atoms with E-state index in [9.17, 15) is 9.90 Å². The molecule has 0 spiro atoms. The van der Waals surface area contributed by atoms with Gasteiger partial charge in [-0.15, -0.1) is 0 Å². The number of carboxylic acids is 1. The van der Waals surface area contributed by atoms with E-state index in [0.29, 0.717) is 5.92 Å². The van der Waals surface area contributed by atoms with Crippen LogP contribution in [0.4, 0.5) is 0 Å². The lowest BCUT2D eigenvalue weighted by molar-refractivity contribution is -0.140. The maximum atomic E-state index is 11.6. The van der Waals surface area contributed by atoms with Crippen molar-refractivity contribution in [2.75, 3.05) is 6.61 Å². The molecule has 0 atom stereocenters. The Morgan fingerprint density at radius 1 is 1.37 bits per heavy atom. The first-order chi connectivity index (χ1) is 9.03. The van der Waals surface area contributed by atoms with Crippen LogP contribution < -0.4 is 4.74 Å². The van der Waals surface area contributed by atoms with Gasteiger partial charge in [0.1, 0.15) is 5.75 Å². The fraction of sp³-hybridized carbons (Fsp3) is 0.562. The number of benzene rings is 1. The van der Waals surface area contributed by atoms with Crippen molar-refractivity contribution in [1.29, 1.82) is 0 Å². The molecule has 3 heteroatoms. The second-order valence-corrected chi connectivity index (χ2v) is 6.10. The molecule has 3 rings (SSSR count). The molecule has 2 fully saturated rings. The van der Waals surface area contributed by atoms with Crippen molar-refractivity contribution in [3.05, 3.63) is 28.8 Å². The van der Waals surface area contributed by atoms with Gasteiger partial charge < -0.3 is 9.84 Å². The Labute approximate surface area is 113 Å². The van der Waals surface area contributed by atoms with Gasteiger partial charge in [0, 0.05) is 5.56 Å². The summed E-state index contributed by atoms with van der Waals surface area (Å²) in [7, 11) is 0. The van der Waals surface area contributed by atoms with Crippen molar-refractivity contribution in [3.8, 4) is 5.75 Å². The van der Waals surface area contributed by atoms with Gasteiger partial charge in [0.25, 0.3) is 0 Å². The summed E-state index contributed by atoms with van der Waals surface area (Å²) < 4.78 is 5.96. The van der Waals surface area contributed by atoms with E-state index in [1.54, 1.807) is 0 Å². The van der Waals surface area contributed by atoms with Crippen LogP contribution in [0.15, 0.2) is 12.1 Å². The van der Waals surface area contributed by atoms with Crippen LogP contribution in [0.3, 0.4) is 0 Å². The lowest BCUT2D eigenvalue weighted by Gasteiger charge is -2.19. The highest BCUT2D eigenvalue weighted by Crippen LogP contribution is 2.52. The molecule has 0 radical (unpaired) electrons. The molecule has 2 aliphatic rings. The van der Waals surface area contributed by atoms with Crippen LogP contribution in [0.2, 0.25) is 0 Å². The van der Waals surface area contributed by atoms with Crippen molar-refractivity contribution >= 4 is 5.97 Å². The van der Waals surface area contributed by atoms with E-state index in [1.165, 1.54) is 12.8 Å². The molecule has 102 valence electrons. The highest BCUT2D eigenvalue weighted by atomic mass is 16.5. The Bertz CT molecular complexity index is 525. The van der Waals surface area contributed by atoms with Gasteiger partial charge >= 0.3 is 5.97 Å². The van der Waals surface area contributed by atoms with Gasteiger partial charge in [0.15, 0.2) is 0 Å². The number of carbonyl (C=O) groups is 1. The molecular formula is C16H20O3. The van der Waals surface area contributed by atoms with Gasteiger partial charge in [-0.05, 0) is 51.0 Å². The lowest BCUT2D eigenvalue weighted by Crippen LogP contribution is -2.21. The summed E-state index contributed by atoms with van der Waals surface area (Å²) in [5, 5.41) is 9.50. The topological polar surface area (TPSA) is 46.5 Å². The molecule has 0 saturated heterocycles. The van der Waals surface area contributed by atoms with Gasteiger partial charge in [-0.2, -0.15) is 0 Å². The van der Waals surface area contributed by atoms with Crippen LogP contribution in [-0.2, 0) is 10.2 Å². The second-order valence-electron chi connectivity index (χ2n) is 6.10. The SMILES string of the molecule is Cc1cc(C)c(OCC2CC2)c(C2(C(=O)O)CC2)c1. The summed E-state index contributed by atoms with van der Waals surface area (Å²) in [4.78, 5) is 11.6. The number of aliphatic carboxylic acids is 1. The minimum atomic E-state index is -0.714. The predicted molar refractivity (Wildman–Crippen MR) is 72.7 cm³/mol. The molecule has 3 nitrogen and oxygen atoms in total. The minimum absolute atomic E-state index is 0.675. The minimum Gasteiger partial charge on any atom is -0.493 e. The molecule has 0 unspecified atom stereocenters. The van der Waals surface area contributed by atoms with Crippen LogP contribution >= 0.6 is 0 Å². The van der Waals surface area contributed by atoms with Gasteiger partial charge in [0.05, 0.1) is 12.0 Å². The first-order valence-electron chi connectivity index (χ1n) is 7.01. The van der Waals surface area contributed by atoms with Crippen molar-refractivity contribution in [2.45, 2.75) is 44.9 Å². The normalized spacial score (nSPS) is 20.1. The van der Waals surface area contributed by atoms with E-state index in [0.717, 1.165) is 41.9 Å². The molecule has 0 aliphatic heterocycles. The van der Waals surface area contributed by atoms with E-state index >= 15 is 0 Å². The Balaban J connectivity index is 1.98. The van der Waals surface area contributed by atoms with Crippen LogP contribution in [0.5, 0.6) is 5.75 Å². The van der Waals surface area contributed by atoms with Crippen molar-refractivity contribution in [1.82, 2.24) is 0 Å². The van der Waals surface area contributed by atoms with Crippen molar-refractivity contribution in [2.24, 2.45) is 5.92 Å². The molecule has 2 saturated carbocycles. The van der Waals surface area contributed by atoms with Crippen molar-refractivity contribution in [3.63, 3.8) is 0 Å². The highest BCUT2D eigenvalue weighted by Gasteiger charge is 2.53. The summed E-state index contributed by atoms with van der Waals surface area (Å²) in [6.07, 6.45) is 3.94. The average molecular weight is 260 g/mol. The summed E-state index contributed by atoms with van der Waals surface area (Å²) >= 11 is 0. The molecule has 19 heavy (non-hydrogen) atoms. The summed E-state index contributed by atoms with van der Waals surface area (Å²) in [6, 6.07) is 4.07. The Hall–Kier alpha value is -1.51. The fourth-order valence-corrected chi connectivity index (χ4v) is 2.71. The van der Waals surface area contributed by atoms with E-state index in [2.05, 4.69) is 6.07 Å². The van der Waals surface area contributed by atoms with Crippen LogP contribution in [0, 0.1) is 19.8 Å². The van der Waals surface area contributed by atoms with Crippen LogP contribution in [0.1, 0.15) is 42.4 Å². The maximum Gasteiger partial charge on any atom is 0.314 e. The highest BCUT2D eigenvalue weighted by molar-refractivity contribution is 5.86. The molecule has 0 aromatic heterocycles. The number of aryl methyl sites for hydroxylation is 2. The number of ether oxygens (including phenoxy) is 1. The summed E-state index contributed by atoms with van der Waals surface area (Å²) in [6.45, 7) is 4.75. The Morgan fingerprint density at radius 3 is 2.58 bits per heavy atom. The van der Waals surface area contributed by atoms with Crippen LogP contribution in [-0.4, -0.2) is 17.7 Å². The predicted octanol–water partition coefficient (Wildman–Crippen LogP) is 3.21. The van der Waals surface area contributed by atoms with Gasteiger partial charge in [0.2, 0.25) is 0 Å². The first-order valence-corrected chi connectivity index (χ1v) is 7.01. The van der Waals surface area contributed by atoms with Crippen molar-refractivity contribution < 1.29 is 14.6 Å². The molecule has 1 aromatic rings. The third-order valence-corrected chi connectivity index (χ3v) is 4.25. The van der Waals surface area contributed by atoms with Crippen LogP contribution in [0.25, 0.3) is 0 Å². The average Bonchev–Trinajstić information content (AvgIpc) is 3.22. The zero-order valence-electron chi connectivity index (χ0n) is 11.5. The largest absolute Gasteiger partial charge is 0.493 e. The second kappa shape index (κ2) is 4.26. The monoisotopic (exact) mass is 260 g/mol. The fourth-order valence-electron chi connectivity index (χ4n) is 2.71. The zero-order chi connectivity index (χ0) is 13.6. The standard InChI is InChI=1S/C16H20O3/c1-10-7-11(2)14(19-9-12-3-4-12)13(8-10)16(5-6-16)15(17)18/h7-8,12H,3-6,9H2,1-2H3,(H,17,18). The lowest BCUT2D eigenvalue weighted by atomic mass is 9.91. The number of hydrogen-bond acceptors (Lipinski definition) is 2. The Morgan fingerprint density at radius 2 is 2.05 bits per heavy atom. The summed E-state index contributed by atoms with van der Waals surface area (Å²) in [5.74, 6) is 0.778. The molecule has 0 amide bonds. The number of carboxylic acid groups (broad SMARTS) is 1. The van der Waals surface area contributed by atoms with Gasteiger partial charge in [-0.25, -0.2) is 0 Å². The Kier molecular flexibility index (Phi) is 2.80. The van der Waals surface area contributed by atoms with E-state index in [1.807, 2.05) is 19.9 Å². The molecular weight excluding hydrogens is 240 g/mol. The third kappa shape index (κ3) is 2.22. The van der Waals surface area contributed by atoms with Gasteiger partial charge in [-0.1, -0.05) is 17.7 Å². The first kappa shape index (κ1) is 12.5. The zero-order valence-corrected chi connectivity index (χ0v) is 11.5. The molecule has 1 N–H and O–H groups in total. The van der Waals surface area contributed by atoms with Gasteiger partial charge in [-0.3, -0.25) is 4.79 Å². The number of rotatable bonds is 5. The van der Waals surface area contributed by atoms with E-state index in [4.69, 9.17) is 4.74 Å². The third-order valence-electron chi connectivity index (χ3n) is 4.25. The quantitative estimate of drug-likeness (QED) is 0.884. The van der Waals surface area contributed by atoms with E-state index < -0.39 is 11.4 Å².